The third kappa shape index (κ3) is 2.35. The number of H-pyrrole nitrogens is 1. The van der Waals surface area contributed by atoms with Crippen LogP contribution in [0.2, 0.25) is 0 Å². The predicted octanol–water partition coefficient (Wildman–Crippen LogP) is 1.95. The summed E-state index contributed by atoms with van der Waals surface area (Å²) >= 11 is 0. The molecular formula is C12H17N. The molecule has 1 aliphatic rings. The van der Waals surface area contributed by atoms with Crippen molar-refractivity contribution in [2.24, 2.45) is 0 Å². The van der Waals surface area contributed by atoms with Crippen LogP contribution in [0.15, 0.2) is 23.9 Å². The van der Waals surface area contributed by atoms with E-state index in [2.05, 4.69) is 36.2 Å². The van der Waals surface area contributed by atoms with E-state index in [0.29, 0.717) is 0 Å². The van der Waals surface area contributed by atoms with Crippen molar-refractivity contribution in [3.05, 3.63) is 34.5 Å². The van der Waals surface area contributed by atoms with E-state index in [4.69, 9.17) is 0 Å². The van der Waals surface area contributed by atoms with Gasteiger partial charge in [0.1, 0.15) is 0 Å². The molecule has 0 atom stereocenters. The molecule has 13 heavy (non-hydrogen) atoms. The smallest absolute Gasteiger partial charge is 0.0453 e. The van der Waals surface area contributed by atoms with Crippen LogP contribution in [-0.4, -0.2) is 4.98 Å². The Bertz CT molecular complexity index is 393. The molecule has 1 aromatic rings. The first-order chi connectivity index (χ1) is 6.36. The Morgan fingerprint density at radius 1 is 1.23 bits per heavy atom. The summed E-state index contributed by atoms with van der Waals surface area (Å²) in [6.07, 6.45) is 9.68. The molecule has 70 valence electrons. The van der Waals surface area contributed by atoms with Gasteiger partial charge in [-0.2, -0.15) is 0 Å². The summed E-state index contributed by atoms with van der Waals surface area (Å²) in [4.78, 5) is 3.20. The van der Waals surface area contributed by atoms with Crippen molar-refractivity contribution in [2.75, 3.05) is 0 Å². The summed E-state index contributed by atoms with van der Waals surface area (Å²) in [6.45, 7) is 6.13. The number of allylic oxidation sites excluding steroid dienone is 2. The van der Waals surface area contributed by atoms with E-state index in [9.17, 15) is 0 Å². The zero-order valence-corrected chi connectivity index (χ0v) is 8.59. The highest BCUT2D eigenvalue weighted by molar-refractivity contribution is 5.48. The summed E-state index contributed by atoms with van der Waals surface area (Å²) in [7, 11) is 0. The topological polar surface area (TPSA) is 15.8 Å². The minimum absolute atomic E-state index is 1.05. The quantitative estimate of drug-likeness (QED) is 0.620. The zero-order chi connectivity index (χ0) is 9.68. The van der Waals surface area contributed by atoms with Crippen LogP contribution < -0.4 is 10.6 Å². The highest BCUT2D eigenvalue weighted by atomic mass is 14.6. The van der Waals surface area contributed by atoms with Crippen molar-refractivity contribution >= 4 is 12.2 Å². The molecular weight excluding hydrogens is 158 g/mol. The van der Waals surface area contributed by atoms with Gasteiger partial charge < -0.3 is 4.98 Å². The second-order valence-electron chi connectivity index (χ2n) is 2.88. The minimum atomic E-state index is 1.05. The molecule has 1 N–H and O–H groups in total. The van der Waals surface area contributed by atoms with E-state index in [1.807, 2.05) is 20.0 Å². The van der Waals surface area contributed by atoms with Crippen LogP contribution in [-0.2, 0) is 0 Å². The Hall–Kier alpha value is -1.24. The SMILES string of the molecule is CC.CC1=CCC=c2cc[nH]c2=C1. The van der Waals surface area contributed by atoms with E-state index in [1.165, 1.54) is 16.1 Å². The first-order valence-electron chi connectivity index (χ1n) is 4.88. The Balaban J connectivity index is 0.000000396. The van der Waals surface area contributed by atoms with Crippen LogP contribution in [0.5, 0.6) is 0 Å². The van der Waals surface area contributed by atoms with E-state index in [1.54, 1.807) is 0 Å². The van der Waals surface area contributed by atoms with Crippen LogP contribution in [0, 0.1) is 0 Å². The molecule has 0 saturated heterocycles. The Labute approximate surface area is 79.5 Å². The van der Waals surface area contributed by atoms with E-state index in [0.717, 1.165) is 6.42 Å². The monoisotopic (exact) mass is 175 g/mol. The zero-order valence-electron chi connectivity index (χ0n) is 8.59. The lowest BCUT2D eigenvalue weighted by atomic mass is 10.2. The maximum absolute atomic E-state index is 3.20. The van der Waals surface area contributed by atoms with Crippen molar-refractivity contribution in [2.45, 2.75) is 27.2 Å². The van der Waals surface area contributed by atoms with Gasteiger partial charge in [0.2, 0.25) is 0 Å². The molecule has 0 bridgehead atoms. The van der Waals surface area contributed by atoms with Crippen molar-refractivity contribution in [1.29, 1.82) is 0 Å². The fourth-order valence-corrected chi connectivity index (χ4v) is 1.36. The molecule has 0 saturated carbocycles. The molecule has 0 unspecified atom stereocenters. The maximum atomic E-state index is 3.20. The summed E-state index contributed by atoms with van der Waals surface area (Å²) in [5, 5.41) is 2.55. The lowest BCUT2D eigenvalue weighted by molar-refractivity contribution is 1.31. The van der Waals surface area contributed by atoms with Crippen molar-refractivity contribution in [3.8, 4) is 0 Å². The molecule has 2 rings (SSSR count). The predicted molar refractivity (Wildman–Crippen MR) is 58.7 cm³/mol. The fourth-order valence-electron chi connectivity index (χ4n) is 1.36. The van der Waals surface area contributed by atoms with Crippen LogP contribution >= 0.6 is 0 Å². The average Bonchev–Trinajstić information content (AvgIpc) is 2.50. The third-order valence-corrected chi connectivity index (χ3v) is 1.96. The second kappa shape index (κ2) is 4.70. The van der Waals surface area contributed by atoms with Crippen LogP contribution in [0.3, 0.4) is 0 Å². The van der Waals surface area contributed by atoms with Gasteiger partial charge in [0.15, 0.2) is 0 Å². The maximum Gasteiger partial charge on any atom is 0.0453 e. The van der Waals surface area contributed by atoms with Gasteiger partial charge in [-0.05, 0) is 30.7 Å². The lowest BCUT2D eigenvalue weighted by Gasteiger charge is -1.84. The Morgan fingerprint density at radius 3 is 2.77 bits per heavy atom. The molecule has 1 aliphatic carbocycles. The number of nitrogens with one attached hydrogen (secondary N) is 1. The molecule has 0 fully saturated rings. The van der Waals surface area contributed by atoms with Gasteiger partial charge in [-0.15, -0.1) is 0 Å². The number of aromatic amines is 1. The summed E-state index contributed by atoms with van der Waals surface area (Å²) < 4.78 is 0. The van der Waals surface area contributed by atoms with Crippen LogP contribution in [0.25, 0.3) is 12.2 Å². The van der Waals surface area contributed by atoms with Crippen LogP contribution in [0.4, 0.5) is 0 Å². The summed E-state index contributed by atoms with van der Waals surface area (Å²) in [6, 6.07) is 2.11. The van der Waals surface area contributed by atoms with E-state index >= 15 is 0 Å². The molecule has 0 aromatic carbocycles. The molecule has 0 spiro atoms. The van der Waals surface area contributed by atoms with Gasteiger partial charge in [-0.3, -0.25) is 0 Å². The number of rotatable bonds is 0. The molecule has 0 radical (unpaired) electrons. The van der Waals surface area contributed by atoms with Crippen LogP contribution in [0.1, 0.15) is 27.2 Å². The second-order valence-corrected chi connectivity index (χ2v) is 2.88. The van der Waals surface area contributed by atoms with Gasteiger partial charge in [0, 0.05) is 11.5 Å². The van der Waals surface area contributed by atoms with Gasteiger partial charge >= 0.3 is 0 Å². The van der Waals surface area contributed by atoms with E-state index < -0.39 is 0 Å². The number of fused-ring (bicyclic) bond motifs is 1. The average molecular weight is 175 g/mol. The standard InChI is InChI=1S/C10H11N.C2H6/c1-8-3-2-4-9-5-6-11-10(9)7-8;1-2/h3-7,11H,2H2,1H3;1-2H3. The first-order valence-corrected chi connectivity index (χ1v) is 4.88. The van der Waals surface area contributed by atoms with Crippen molar-refractivity contribution < 1.29 is 0 Å². The number of hydrogen-bond acceptors (Lipinski definition) is 0. The Morgan fingerprint density at radius 2 is 2.00 bits per heavy atom. The molecule has 0 aliphatic heterocycles. The minimum Gasteiger partial charge on any atom is -0.361 e. The highest BCUT2D eigenvalue weighted by Crippen LogP contribution is 1.98. The lowest BCUT2D eigenvalue weighted by Crippen LogP contribution is -2.21. The molecule has 0 amide bonds. The summed E-state index contributed by atoms with van der Waals surface area (Å²) in [5.74, 6) is 0. The van der Waals surface area contributed by atoms with Gasteiger partial charge in [0.25, 0.3) is 0 Å². The van der Waals surface area contributed by atoms with E-state index in [-0.39, 0.29) is 0 Å². The number of hydrogen-bond donors (Lipinski definition) is 1. The number of aromatic nitrogens is 1. The van der Waals surface area contributed by atoms with Gasteiger partial charge in [-0.1, -0.05) is 31.6 Å². The highest BCUT2D eigenvalue weighted by Gasteiger charge is 1.90. The third-order valence-electron chi connectivity index (χ3n) is 1.96. The van der Waals surface area contributed by atoms with Gasteiger partial charge in [-0.25, -0.2) is 0 Å². The fraction of sp³-hybridized carbons (Fsp3) is 0.333. The van der Waals surface area contributed by atoms with Crippen molar-refractivity contribution in [3.63, 3.8) is 0 Å². The summed E-state index contributed by atoms with van der Waals surface area (Å²) in [5.41, 5.74) is 1.34. The molecule has 1 nitrogen and oxygen atoms in total. The molecule has 1 aromatic heterocycles. The Kier molecular flexibility index (Phi) is 3.56. The first kappa shape index (κ1) is 9.85. The molecule has 1 heterocycles. The van der Waals surface area contributed by atoms with Crippen molar-refractivity contribution in [1.82, 2.24) is 4.98 Å². The largest absolute Gasteiger partial charge is 0.361 e. The molecule has 1 heteroatoms. The normalized spacial score (nSPS) is 13.6. The van der Waals surface area contributed by atoms with Gasteiger partial charge in [0.05, 0.1) is 0 Å².